The molecule has 0 radical (unpaired) electrons. The quantitative estimate of drug-likeness (QED) is 0.702. The van der Waals surface area contributed by atoms with Gasteiger partial charge in [-0.1, -0.05) is 6.92 Å². The molecule has 2 fully saturated rings. The number of amides is 1. The summed E-state index contributed by atoms with van der Waals surface area (Å²) in [4.78, 5) is 13.3. The lowest BCUT2D eigenvalue weighted by Gasteiger charge is -2.33. The molecule has 0 aromatic carbocycles. The van der Waals surface area contributed by atoms with Crippen molar-refractivity contribution in [3.63, 3.8) is 0 Å². The zero-order valence-electron chi connectivity index (χ0n) is 8.12. The summed E-state index contributed by atoms with van der Waals surface area (Å²) >= 11 is 0. The van der Waals surface area contributed by atoms with Gasteiger partial charge in [-0.05, 0) is 31.1 Å². The summed E-state index contributed by atoms with van der Waals surface area (Å²) in [6, 6.07) is 0. The number of aliphatic hydroxyl groups excluding tert-OH is 1. The summed E-state index contributed by atoms with van der Waals surface area (Å²) in [7, 11) is 0. The van der Waals surface area contributed by atoms with Gasteiger partial charge in [0, 0.05) is 13.1 Å². The van der Waals surface area contributed by atoms with Crippen LogP contribution in [0.2, 0.25) is 0 Å². The number of hydrogen-bond acceptors (Lipinski definition) is 2. The lowest BCUT2D eigenvalue weighted by molar-refractivity contribution is -0.144. The molecule has 1 heterocycles. The zero-order chi connectivity index (χ0) is 9.47. The maximum atomic E-state index is 11.5. The highest BCUT2D eigenvalue weighted by Crippen LogP contribution is 2.49. The van der Waals surface area contributed by atoms with Crippen molar-refractivity contribution in [2.75, 3.05) is 13.1 Å². The van der Waals surface area contributed by atoms with Crippen molar-refractivity contribution in [2.24, 2.45) is 5.41 Å². The molecule has 0 aromatic rings. The van der Waals surface area contributed by atoms with E-state index in [2.05, 4.69) is 6.92 Å². The lowest BCUT2D eigenvalue weighted by Crippen LogP contribution is -2.47. The average Bonchev–Trinajstić information content (AvgIpc) is 2.64. The van der Waals surface area contributed by atoms with E-state index in [-0.39, 0.29) is 11.3 Å². The van der Waals surface area contributed by atoms with Crippen molar-refractivity contribution >= 4 is 5.91 Å². The Labute approximate surface area is 78.7 Å². The van der Waals surface area contributed by atoms with Crippen molar-refractivity contribution in [1.29, 1.82) is 0 Å². The Morgan fingerprint density at radius 1 is 1.54 bits per heavy atom. The smallest absolute Gasteiger partial charge is 0.251 e. The van der Waals surface area contributed by atoms with E-state index in [0.29, 0.717) is 6.42 Å². The Hall–Kier alpha value is -0.570. The van der Waals surface area contributed by atoms with Crippen LogP contribution in [0.5, 0.6) is 0 Å². The topological polar surface area (TPSA) is 40.5 Å². The highest BCUT2D eigenvalue weighted by molar-refractivity contribution is 5.81. The van der Waals surface area contributed by atoms with Crippen molar-refractivity contribution in [3.8, 4) is 0 Å². The first-order valence-corrected chi connectivity index (χ1v) is 5.08. The van der Waals surface area contributed by atoms with Gasteiger partial charge in [0.25, 0.3) is 5.91 Å². The number of carbonyl (C=O) groups excluding carboxylic acids is 1. The van der Waals surface area contributed by atoms with E-state index in [1.807, 2.05) is 0 Å². The van der Waals surface area contributed by atoms with Crippen LogP contribution in [0.3, 0.4) is 0 Å². The molecule has 0 aromatic heterocycles. The SMILES string of the molecule is CC1(C[C@@H](O)C(=O)N2CCC2)CC1. The minimum Gasteiger partial charge on any atom is -0.383 e. The fourth-order valence-electron chi connectivity index (χ4n) is 1.72. The second kappa shape index (κ2) is 2.98. The summed E-state index contributed by atoms with van der Waals surface area (Å²) < 4.78 is 0. The summed E-state index contributed by atoms with van der Waals surface area (Å²) in [5.41, 5.74) is 0.264. The number of likely N-dealkylation sites (tertiary alicyclic amines) is 1. The molecular formula is C10H17NO2. The van der Waals surface area contributed by atoms with E-state index in [1.165, 1.54) is 0 Å². The van der Waals surface area contributed by atoms with Crippen LogP contribution in [0.25, 0.3) is 0 Å². The Morgan fingerprint density at radius 2 is 2.15 bits per heavy atom. The van der Waals surface area contributed by atoms with Crippen LogP contribution in [-0.2, 0) is 4.79 Å². The molecule has 1 amide bonds. The molecular weight excluding hydrogens is 166 g/mol. The normalized spacial score (nSPS) is 26.5. The maximum absolute atomic E-state index is 11.5. The van der Waals surface area contributed by atoms with Crippen LogP contribution < -0.4 is 0 Å². The van der Waals surface area contributed by atoms with Gasteiger partial charge in [-0.15, -0.1) is 0 Å². The third-order valence-electron chi connectivity index (χ3n) is 3.24. The Bertz CT molecular complexity index is 219. The second-order valence-electron chi connectivity index (χ2n) is 4.71. The molecule has 2 rings (SSSR count). The molecule has 1 aliphatic heterocycles. The Morgan fingerprint density at radius 3 is 2.54 bits per heavy atom. The van der Waals surface area contributed by atoms with Crippen LogP contribution in [0, 0.1) is 5.41 Å². The summed E-state index contributed by atoms with van der Waals surface area (Å²) in [5, 5.41) is 9.64. The predicted octanol–water partition coefficient (Wildman–Crippen LogP) is 0.770. The van der Waals surface area contributed by atoms with Crippen molar-refractivity contribution in [1.82, 2.24) is 4.90 Å². The average molecular weight is 183 g/mol. The summed E-state index contributed by atoms with van der Waals surface area (Å²) in [6.07, 6.45) is 3.33. The molecule has 0 spiro atoms. The number of carbonyl (C=O) groups is 1. The van der Waals surface area contributed by atoms with E-state index < -0.39 is 6.10 Å². The molecule has 1 atom stereocenters. The first kappa shape index (κ1) is 9.00. The van der Waals surface area contributed by atoms with Gasteiger partial charge in [-0.25, -0.2) is 0 Å². The summed E-state index contributed by atoms with van der Waals surface area (Å²) in [5.74, 6) is -0.0561. The molecule has 1 N–H and O–H groups in total. The predicted molar refractivity (Wildman–Crippen MR) is 49.2 cm³/mol. The standard InChI is InChI=1S/C10H17NO2/c1-10(3-4-10)7-8(12)9(13)11-5-2-6-11/h8,12H,2-7H2,1H3/t8-/m1/s1. The highest BCUT2D eigenvalue weighted by atomic mass is 16.3. The first-order valence-electron chi connectivity index (χ1n) is 5.08. The number of aliphatic hydroxyl groups is 1. The van der Waals surface area contributed by atoms with Crippen LogP contribution in [0.1, 0.15) is 32.6 Å². The van der Waals surface area contributed by atoms with Crippen molar-refractivity contribution in [3.05, 3.63) is 0 Å². The van der Waals surface area contributed by atoms with Gasteiger partial charge in [0.05, 0.1) is 0 Å². The molecule has 3 nitrogen and oxygen atoms in total. The first-order chi connectivity index (χ1) is 6.11. The van der Waals surface area contributed by atoms with Gasteiger partial charge >= 0.3 is 0 Å². The van der Waals surface area contributed by atoms with Crippen LogP contribution in [-0.4, -0.2) is 35.1 Å². The number of rotatable bonds is 3. The van der Waals surface area contributed by atoms with Gasteiger partial charge in [-0.3, -0.25) is 4.79 Å². The van der Waals surface area contributed by atoms with Crippen LogP contribution in [0.4, 0.5) is 0 Å². The molecule has 1 aliphatic carbocycles. The highest BCUT2D eigenvalue weighted by Gasteiger charge is 2.41. The fourth-order valence-corrected chi connectivity index (χ4v) is 1.72. The monoisotopic (exact) mass is 183 g/mol. The van der Waals surface area contributed by atoms with Crippen LogP contribution >= 0.6 is 0 Å². The van der Waals surface area contributed by atoms with Crippen molar-refractivity contribution < 1.29 is 9.90 Å². The molecule has 1 saturated heterocycles. The van der Waals surface area contributed by atoms with Crippen molar-refractivity contribution in [2.45, 2.75) is 38.7 Å². The second-order valence-corrected chi connectivity index (χ2v) is 4.71. The van der Waals surface area contributed by atoms with Gasteiger partial charge < -0.3 is 10.0 Å². The van der Waals surface area contributed by atoms with E-state index in [0.717, 1.165) is 32.4 Å². The minimum atomic E-state index is -0.743. The van der Waals surface area contributed by atoms with Crippen LogP contribution in [0.15, 0.2) is 0 Å². The lowest BCUT2D eigenvalue weighted by atomic mass is 9.99. The Kier molecular flexibility index (Phi) is 2.06. The molecule has 74 valence electrons. The van der Waals surface area contributed by atoms with Gasteiger partial charge in [0.15, 0.2) is 0 Å². The molecule has 0 bridgehead atoms. The summed E-state index contributed by atoms with van der Waals surface area (Å²) in [6.45, 7) is 3.82. The third kappa shape index (κ3) is 1.85. The number of nitrogens with zero attached hydrogens (tertiary/aromatic N) is 1. The fraction of sp³-hybridized carbons (Fsp3) is 0.900. The third-order valence-corrected chi connectivity index (χ3v) is 3.24. The van der Waals surface area contributed by atoms with E-state index >= 15 is 0 Å². The number of hydrogen-bond donors (Lipinski definition) is 1. The molecule has 0 unspecified atom stereocenters. The largest absolute Gasteiger partial charge is 0.383 e. The van der Waals surface area contributed by atoms with E-state index in [1.54, 1.807) is 4.90 Å². The Balaban J connectivity index is 1.81. The zero-order valence-corrected chi connectivity index (χ0v) is 8.12. The van der Waals surface area contributed by atoms with Gasteiger partial charge in [-0.2, -0.15) is 0 Å². The van der Waals surface area contributed by atoms with Gasteiger partial charge in [0.1, 0.15) is 6.10 Å². The van der Waals surface area contributed by atoms with E-state index in [4.69, 9.17) is 0 Å². The van der Waals surface area contributed by atoms with Gasteiger partial charge in [0.2, 0.25) is 0 Å². The maximum Gasteiger partial charge on any atom is 0.251 e. The molecule has 1 saturated carbocycles. The minimum absolute atomic E-state index is 0.0561. The molecule has 3 heteroatoms. The molecule has 2 aliphatic rings. The van der Waals surface area contributed by atoms with E-state index in [9.17, 15) is 9.90 Å². The molecule has 13 heavy (non-hydrogen) atoms.